The number of nitrogens with zero attached hydrogens (tertiary/aromatic N) is 2. The van der Waals surface area contributed by atoms with Crippen molar-refractivity contribution in [2.45, 2.75) is 185 Å². The zero-order valence-corrected chi connectivity index (χ0v) is 40.7. The number of hydrogen-bond donors (Lipinski definition) is 6. The zero-order valence-electron chi connectivity index (χ0n) is 38.3. The number of methoxy groups -OCH3 is 1. The molecule has 3 fully saturated rings. The number of nitrogens with one attached hydrogen (secondary N) is 1. The van der Waals surface area contributed by atoms with E-state index in [1.165, 1.54) is 14.0 Å². The van der Waals surface area contributed by atoms with Gasteiger partial charge in [-0.15, -0.1) is 0 Å². The van der Waals surface area contributed by atoms with E-state index in [1.54, 1.807) is 53.4 Å². The summed E-state index contributed by atoms with van der Waals surface area (Å²) in [5.41, 5.74) is -3.99. The van der Waals surface area contributed by atoms with Gasteiger partial charge >= 0.3 is 5.97 Å². The maximum Gasteiger partial charge on any atom is 0.311 e. The number of carbonyl (C=O) groups is 1. The number of esters is 1. The monoisotopic (exact) mass is 947 g/mol. The molecular formula is C44H74BrN3O12S. The number of aliphatic hydroxyl groups excluding tert-OH is 3. The molecule has 3 aliphatic rings. The summed E-state index contributed by atoms with van der Waals surface area (Å²) in [7, 11) is 5.25. The molecule has 0 unspecified atom stereocenters. The van der Waals surface area contributed by atoms with E-state index in [0.717, 1.165) is 4.47 Å². The van der Waals surface area contributed by atoms with Crippen molar-refractivity contribution in [1.29, 1.82) is 0 Å². The number of carbonyl (C=O) groups excluding carboxylic acids is 1. The van der Waals surface area contributed by atoms with Gasteiger partial charge < -0.3 is 69.1 Å². The summed E-state index contributed by atoms with van der Waals surface area (Å²) in [5, 5.41) is 63.3. The lowest BCUT2D eigenvalue weighted by Crippen LogP contribution is -2.61. The molecule has 0 radical (unpaired) electrons. The molecule has 0 aliphatic carbocycles. The summed E-state index contributed by atoms with van der Waals surface area (Å²) in [5.74, 6) is -2.96. The van der Waals surface area contributed by atoms with Gasteiger partial charge in [-0.3, -0.25) is 4.79 Å². The number of hydrogen-bond acceptors (Lipinski definition) is 14. The van der Waals surface area contributed by atoms with Crippen molar-refractivity contribution in [3.05, 3.63) is 28.7 Å². The molecule has 3 aliphatic heterocycles. The van der Waals surface area contributed by atoms with Crippen LogP contribution >= 0.6 is 28.1 Å². The largest absolute Gasteiger partial charge is 0.459 e. The maximum atomic E-state index is 14.5. The third-order valence-corrected chi connectivity index (χ3v) is 14.1. The smallest absolute Gasteiger partial charge is 0.311 e. The summed E-state index contributed by atoms with van der Waals surface area (Å²) < 4.78 is 38.8. The standard InChI is InChI=1S/C44H74BrN3O12S/c1-14-32-44(10,54)36(50)27(6)48(41(61)46-30-17-15-16-29(45)19-30)22-23(2)20-42(8,53)38(60-40-34(49)31(47(11)12)18-24(3)56-40)25(4)35(26(5)39(52)58-32)59-33-21-43(9,55-13)37(51)28(7)57-33/h15-17,19,23-28,31-38,40,49-51,53-54H,14,18,20-22H2,1-13H3,(H,46,61)/t23-,24-,25+,26-,27-,28+,31+,32-,33+,34-,35+,36-,37+,38-,40+,42-,43-,44-/m1/s1. The molecule has 1 aromatic rings. The topological polar surface area (TPSA) is 192 Å². The second-order valence-corrected chi connectivity index (χ2v) is 20.1. The van der Waals surface area contributed by atoms with Crippen molar-refractivity contribution in [2.75, 3.05) is 33.1 Å². The van der Waals surface area contributed by atoms with Crippen molar-refractivity contribution in [1.82, 2.24) is 9.80 Å². The van der Waals surface area contributed by atoms with Crippen LogP contribution in [0.3, 0.4) is 0 Å². The van der Waals surface area contributed by atoms with Crippen LogP contribution < -0.4 is 5.32 Å². The average Bonchev–Trinajstić information content (AvgIpc) is 3.18. The number of cyclic esters (lactones) is 1. The second kappa shape index (κ2) is 21.2. The lowest BCUT2D eigenvalue weighted by molar-refractivity contribution is -0.318. The Morgan fingerprint density at radius 2 is 1.67 bits per heavy atom. The van der Waals surface area contributed by atoms with Crippen molar-refractivity contribution < 1.29 is 58.7 Å². The molecule has 18 atom stereocenters. The van der Waals surface area contributed by atoms with Crippen LogP contribution in [0.4, 0.5) is 5.69 Å². The molecule has 0 bridgehead atoms. The van der Waals surface area contributed by atoms with Crippen molar-refractivity contribution in [2.24, 2.45) is 17.8 Å². The van der Waals surface area contributed by atoms with Crippen LogP contribution in [0.5, 0.6) is 0 Å². The SMILES string of the molecule is CC[C@H]1OC(=O)[C@H](C)[C@@H](O[C@H]2C[C@@](C)(OC)[C@@H](O)[C@H](C)O2)[C@H](C)[C@@H](O[C@@H]2O[C@H](C)C[C@H](N(C)C)[C@H]2O)[C@](C)(O)C[C@@H](C)CN(C(=S)Nc2cccc(Br)c2)[C@H](C)[C@@H](O)[C@]1(C)O. The van der Waals surface area contributed by atoms with Crippen molar-refractivity contribution >= 4 is 44.9 Å². The second-order valence-electron chi connectivity index (χ2n) is 18.8. The van der Waals surface area contributed by atoms with Gasteiger partial charge in [-0.2, -0.15) is 0 Å². The first-order chi connectivity index (χ1) is 28.3. The molecule has 17 heteroatoms. The van der Waals surface area contributed by atoms with E-state index in [-0.39, 0.29) is 49.0 Å². The van der Waals surface area contributed by atoms with Gasteiger partial charge in [0, 0.05) is 42.2 Å². The molecule has 0 saturated carbocycles. The third kappa shape index (κ3) is 12.2. The van der Waals surface area contributed by atoms with Gasteiger partial charge in [-0.25, -0.2) is 0 Å². The van der Waals surface area contributed by atoms with Gasteiger partial charge in [0.25, 0.3) is 0 Å². The van der Waals surface area contributed by atoms with Crippen LogP contribution in [0, 0.1) is 17.8 Å². The molecule has 3 saturated heterocycles. The molecule has 6 N–H and O–H groups in total. The number of halogens is 1. The Balaban J connectivity index is 1.86. The van der Waals surface area contributed by atoms with Crippen molar-refractivity contribution in [3.63, 3.8) is 0 Å². The third-order valence-electron chi connectivity index (χ3n) is 13.2. The Hall–Kier alpha value is -1.58. The quantitative estimate of drug-likeness (QED) is 0.158. The van der Waals surface area contributed by atoms with Crippen LogP contribution in [0.2, 0.25) is 0 Å². The van der Waals surface area contributed by atoms with Crippen LogP contribution in [-0.2, 0) is 33.2 Å². The molecule has 15 nitrogen and oxygen atoms in total. The summed E-state index contributed by atoms with van der Waals surface area (Å²) in [6, 6.07) is 6.33. The minimum atomic E-state index is -1.96. The highest BCUT2D eigenvalue weighted by Gasteiger charge is 2.53. The molecule has 0 spiro atoms. The average molecular weight is 949 g/mol. The van der Waals surface area contributed by atoms with Gasteiger partial charge in [0.05, 0.1) is 47.6 Å². The van der Waals surface area contributed by atoms with Crippen LogP contribution in [0.15, 0.2) is 28.7 Å². The van der Waals surface area contributed by atoms with Crippen LogP contribution in [0.25, 0.3) is 0 Å². The first kappa shape index (κ1) is 52.0. The molecule has 4 rings (SSSR count). The maximum absolute atomic E-state index is 14.5. The van der Waals surface area contributed by atoms with Gasteiger partial charge in [-0.05, 0) is 118 Å². The number of ether oxygens (including phenoxy) is 6. The van der Waals surface area contributed by atoms with Gasteiger partial charge in [-0.1, -0.05) is 42.8 Å². The highest BCUT2D eigenvalue weighted by Crippen LogP contribution is 2.40. The highest BCUT2D eigenvalue weighted by molar-refractivity contribution is 9.10. The number of thiocarbonyl (C=S) groups is 1. The predicted molar refractivity (Wildman–Crippen MR) is 239 cm³/mol. The predicted octanol–water partition coefficient (Wildman–Crippen LogP) is 4.43. The zero-order chi connectivity index (χ0) is 45.9. The lowest BCUT2D eigenvalue weighted by atomic mass is 9.77. The summed E-state index contributed by atoms with van der Waals surface area (Å²) in [6.45, 7) is 17.6. The lowest BCUT2D eigenvalue weighted by Gasteiger charge is -2.49. The van der Waals surface area contributed by atoms with E-state index in [0.29, 0.717) is 12.1 Å². The van der Waals surface area contributed by atoms with E-state index in [1.807, 2.05) is 57.1 Å². The van der Waals surface area contributed by atoms with Gasteiger partial charge in [0.2, 0.25) is 0 Å². The Morgan fingerprint density at radius 3 is 2.26 bits per heavy atom. The number of aliphatic hydroxyl groups is 5. The van der Waals surface area contributed by atoms with Gasteiger partial charge in [0.1, 0.15) is 30.0 Å². The fourth-order valence-corrected chi connectivity index (χ4v) is 10.3. The molecule has 1 aromatic carbocycles. The summed E-state index contributed by atoms with van der Waals surface area (Å²) >= 11 is 9.50. The van der Waals surface area contributed by atoms with E-state index < -0.39 is 96.0 Å². The first-order valence-corrected chi connectivity index (χ1v) is 22.8. The minimum Gasteiger partial charge on any atom is -0.459 e. The molecular weight excluding hydrogens is 874 g/mol. The first-order valence-electron chi connectivity index (χ1n) is 21.6. The van der Waals surface area contributed by atoms with E-state index in [2.05, 4.69) is 21.2 Å². The molecule has 3 heterocycles. The normalized spacial score (nSPS) is 43.6. The molecule has 61 heavy (non-hydrogen) atoms. The van der Waals surface area contributed by atoms with Crippen LogP contribution in [0.1, 0.15) is 94.9 Å². The van der Waals surface area contributed by atoms with Gasteiger partial charge in [0.15, 0.2) is 17.7 Å². The Bertz CT molecular complexity index is 1610. The minimum absolute atomic E-state index is 0.103. The van der Waals surface area contributed by atoms with Crippen LogP contribution in [-0.4, -0.2) is 164 Å². The number of rotatable bonds is 8. The fourth-order valence-electron chi connectivity index (χ4n) is 9.54. The summed E-state index contributed by atoms with van der Waals surface area (Å²) in [6.07, 6.45) is -9.15. The molecule has 350 valence electrons. The van der Waals surface area contributed by atoms with E-state index >= 15 is 0 Å². The highest BCUT2D eigenvalue weighted by atomic mass is 79.9. The fraction of sp³-hybridized carbons (Fsp3) is 0.818. The summed E-state index contributed by atoms with van der Waals surface area (Å²) in [4.78, 5) is 18.2. The molecule has 0 aromatic heterocycles. The Labute approximate surface area is 376 Å². The number of likely N-dealkylation sites (N-methyl/N-ethyl adjacent to an activating group) is 1. The van der Waals surface area contributed by atoms with E-state index in [9.17, 15) is 30.3 Å². The molecule has 0 amide bonds. The number of anilines is 1. The van der Waals surface area contributed by atoms with E-state index in [4.69, 9.17) is 40.6 Å². The number of benzene rings is 1. The van der Waals surface area contributed by atoms with Crippen molar-refractivity contribution in [3.8, 4) is 0 Å². The Morgan fingerprint density at radius 1 is 1.02 bits per heavy atom. The Kier molecular flexibility index (Phi) is 18.1.